The largest absolute Gasteiger partial charge is 0.507 e. The minimum absolute atomic E-state index is 0.271. The Kier molecular flexibility index (Phi) is 9.27. The van der Waals surface area contributed by atoms with Crippen LogP contribution in [0.2, 0.25) is 0 Å². The monoisotopic (exact) mass is 576 g/mol. The molecule has 1 aliphatic rings. The van der Waals surface area contributed by atoms with E-state index in [0.717, 1.165) is 45.0 Å². The number of rotatable bonds is 13. The fourth-order valence-electron chi connectivity index (χ4n) is 5.26. The maximum Gasteiger partial charge on any atom is 0.124 e. The molecule has 0 unspecified atom stereocenters. The van der Waals surface area contributed by atoms with Gasteiger partial charge in [0.25, 0.3) is 0 Å². The summed E-state index contributed by atoms with van der Waals surface area (Å²) in [6, 6.07) is 27.8. The molecule has 0 saturated carbocycles. The Morgan fingerprint density at radius 2 is 0.955 bits per heavy atom. The lowest BCUT2D eigenvalue weighted by molar-refractivity contribution is 0.231. The van der Waals surface area contributed by atoms with Crippen molar-refractivity contribution in [2.75, 3.05) is 0 Å². The summed E-state index contributed by atoms with van der Waals surface area (Å²) >= 11 is 0. The molecule has 5 aromatic rings. The SMILES string of the molecule is Oc1c(CN(Cc2ccccn2)Cc2ccccn2)cc(C2=C=C=C=C2)cc1CN(Cc1ccccn1)Cc1ccccn1. The second-order valence-corrected chi connectivity index (χ2v) is 10.7. The molecule has 4 aromatic heterocycles. The molecule has 0 atom stereocenters. The minimum atomic E-state index is 0.271. The molecule has 7 nitrogen and oxygen atoms in total. The zero-order valence-electron chi connectivity index (χ0n) is 24.3. The molecule has 0 saturated heterocycles. The first-order valence-corrected chi connectivity index (χ1v) is 14.6. The van der Waals surface area contributed by atoms with Crippen LogP contribution in [0.4, 0.5) is 0 Å². The zero-order chi connectivity index (χ0) is 30.0. The van der Waals surface area contributed by atoms with E-state index in [1.807, 2.05) is 91.0 Å². The molecule has 44 heavy (non-hydrogen) atoms. The molecule has 0 fully saturated rings. The number of pyridine rings is 4. The van der Waals surface area contributed by atoms with Gasteiger partial charge in [-0.2, -0.15) is 0 Å². The average Bonchev–Trinajstić information content (AvgIpc) is 3.60. The number of aromatic hydroxyl groups is 1. The highest BCUT2D eigenvalue weighted by Crippen LogP contribution is 2.32. The summed E-state index contributed by atoms with van der Waals surface area (Å²) < 4.78 is 0. The molecule has 0 bridgehead atoms. The number of phenols is 1. The lowest BCUT2D eigenvalue weighted by atomic mass is 9.98. The van der Waals surface area contributed by atoms with Crippen LogP contribution in [0.3, 0.4) is 0 Å². The zero-order valence-corrected chi connectivity index (χ0v) is 24.3. The maximum absolute atomic E-state index is 11.8. The van der Waals surface area contributed by atoms with E-state index in [0.29, 0.717) is 39.3 Å². The number of aromatic nitrogens is 4. The van der Waals surface area contributed by atoms with Gasteiger partial charge in [0.2, 0.25) is 0 Å². The Labute approximate surface area is 257 Å². The molecule has 0 spiro atoms. The Morgan fingerprint density at radius 3 is 1.27 bits per heavy atom. The quantitative estimate of drug-likeness (QED) is 0.166. The van der Waals surface area contributed by atoms with Gasteiger partial charge in [0.1, 0.15) is 5.75 Å². The van der Waals surface area contributed by atoms with Gasteiger partial charge >= 0.3 is 0 Å². The van der Waals surface area contributed by atoms with Gasteiger partial charge in [-0.05, 0) is 72.0 Å². The number of hydrogen-bond donors (Lipinski definition) is 1. The molecule has 216 valence electrons. The average molecular weight is 577 g/mol. The van der Waals surface area contributed by atoms with Crippen molar-refractivity contribution in [3.63, 3.8) is 0 Å². The van der Waals surface area contributed by atoms with Gasteiger partial charge in [0.05, 0.1) is 22.8 Å². The van der Waals surface area contributed by atoms with E-state index >= 15 is 0 Å². The highest BCUT2D eigenvalue weighted by Gasteiger charge is 2.19. The van der Waals surface area contributed by atoms with Crippen LogP contribution >= 0.6 is 0 Å². The molecule has 4 heterocycles. The van der Waals surface area contributed by atoms with E-state index in [9.17, 15) is 5.11 Å². The van der Waals surface area contributed by atoms with Gasteiger partial charge < -0.3 is 5.11 Å². The van der Waals surface area contributed by atoms with Crippen LogP contribution in [0.15, 0.2) is 133 Å². The van der Waals surface area contributed by atoms with Crippen LogP contribution in [0.1, 0.15) is 39.5 Å². The van der Waals surface area contributed by atoms with E-state index in [4.69, 9.17) is 0 Å². The molecule has 0 radical (unpaired) electrons. The number of hydrogen-bond acceptors (Lipinski definition) is 7. The van der Waals surface area contributed by atoms with E-state index in [2.05, 4.69) is 46.9 Å². The fraction of sp³-hybridized carbons (Fsp3) is 0.162. The number of phenolic OH excluding ortho intramolecular Hbond substituents is 1. The summed E-state index contributed by atoms with van der Waals surface area (Å²) in [5.74, 6) is 0.271. The van der Waals surface area contributed by atoms with Crippen LogP contribution in [0.5, 0.6) is 5.75 Å². The van der Waals surface area contributed by atoms with Crippen molar-refractivity contribution in [2.45, 2.75) is 39.3 Å². The Balaban J connectivity index is 1.35. The molecule has 1 N–H and O–H groups in total. The van der Waals surface area contributed by atoms with Crippen LogP contribution in [-0.2, 0) is 39.3 Å². The summed E-state index contributed by atoms with van der Waals surface area (Å²) in [5.41, 5.74) is 16.4. The summed E-state index contributed by atoms with van der Waals surface area (Å²) in [5, 5.41) is 11.8. The van der Waals surface area contributed by atoms with E-state index in [1.165, 1.54) is 0 Å². The number of allylic oxidation sites excluding steroid dienone is 2. The van der Waals surface area contributed by atoms with Crippen molar-refractivity contribution >= 4 is 5.57 Å². The standard InChI is InChI=1S/C37H32N6O/c44-37-31(23-42(25-33-13-3-7-17-38-33)26-34-14-4-8-18-39-34)21-30(29-11-1-2-12-29)22-32(37)24-43(27-35-15-5-9-19-40-35)28-36-16-6-10-20-41-36/h3-11,13-22,44H,23-28H2. The van der Waals surface area contributed by atoms with Crippen LogP contribution in [-0.4, -0.2) is 34.8 Å². The number of nitrogens with zero attached hydrogens (tertiary/aromatic N) is 6. The normalized spacial score (nSPS) is 11.9. The van der Waals surface area contributed by atoms with E-state index in [1.54, 1.807) is 24.8 Å². The minimum Gasteiger partial charge on any atom is -0.507 e. The first kappa shape index (κ1) is 28.7. The third-order valence-corrected chi connectivity index (χ3v) is 7.30. The third-order valence-electron chi connectivity index (χ3n) is 7.30. The molecule has 7 heteroatoms. The van der Waals surface area contributed by atoms with Crippen LogP contribution in [0.25, 0.3) is 5.57 Å². The lowest BCUT2D eigenvalue weighted by Gasteiger charge is -2.26. The Bertz CT molecular complexity index is 1630. The highest BCUT2D eigenvalue weighted by molar-refractivity contribution is 5.76. The molecular weight excluding hydrogens is 544 g/mol. The van der Waals surface area contributed by atoms with Gasteiger partial charge in [-0.25, -0.2) is 0 Å². The Morgan fingerprint density at radius 1 is 0.545 bits per heavy atom. The van der Waals surface area contributed by atoms with Gasteiger partial charge in [0, 0.05) is 86.8 Å². The second-order valence-electron chi connectivity index (χ2n) is 10.7. The molecule has 1 aromatic carbocycles. The molecule has 6 rings (SSSR count). The van der Waals surface area contributed by atoms with Crippen molar-refractivity contribution in [1.82, 2.24) is 29.7 Å². The fourth-order valence-corrected chi connectivity index (χ4v) is 5.26. The molecule has 1 aliphatic carbocycles. The topological polar surface area (TPSA) is 78.3 Å². The predicted molar refractivity (Wildman–Crippen MR) is 169 cm³/mol. The smallest absolute Gasteiger partial charge is 0.124 e. The molecule has 0 amide bonds. The summed E-state index contributed by atoms with van der Waals surface area (Å²) in [7, 11) is 0. The highest BCUT2D eigenvalue weighted by atomic mass is 16.3. The predicted octanol–water partition coefficient (Wildman–Crippen LogP) is 6.24. The summed E-state index contributed by atoms with van der Waals surface area (Å²) in [6.07, 6.45) is 9.10. The maximum atomic E-state index is 11.8. The van der Waals surface area contributed by atoms with Crippen molar-refractivity contribution in [3.05, 3.63) is 172 Å². The first-order chi connectivity index (χ1) is 21.7. The van der Waals surface area contributed by atoms with Crippen LogP contribution in [0, 0.1) is 0 Å². The molecule has 0 aliphatic heterocycles. The third kappa shape index (κ3) is 7.71. The van der Waals surface area contributed by atoms with Crippen LogP contribution < -0.4 is 0 Å². The second kappa shape index (κ2) is 14.2. The van der Waals surface area contributed by atoms with Crippen molar-refractivity contribution in [3.8, 4) is 5.75 Å². The van der Waals surface area contributed by atoms with E-state index in [-0.39, 0.29) is 5.75 Å². The summed E-state index contributed by atoms with van der Waals surface area (Å²) in [6.45, 7) is 3.40. The molecular formula is C37H32N6O. The van der Waals surface area contributed by atoms with Gasteiger partial charge in [-0.3, -0.25) is 29.7 Å². The van der Waals surface area contributed by atoms with E-state index < -0.39 is 0 Å². The van der Waals surface area contributed by atoms with Crippen molar-refractivity contribution in [1.29, 1.82) is 0 Å². The first-order valence-electron chi connectivity index (χ1n) is 14.6. The van der Waals surface area contributed by atoms with Gasteiger partial charge in [0.15, 0.2) is 0 Å². The van der Waals surface area contributed by atoms with Gasteiger partial charge in [-0.1, -0.05) is 35.7 Å². The summed E-state index contributed by atoms with van der Waals surface area (Å²) in [4.78, 5) is 22.8. The van der Waals surface area contributed by atoms with Crippen molar-refractivity contribution < 1.29 is 5.11 Å². The Hall–Kier alpha value is -5.38. The lowest BCUT2D eigenvalue weighted by Crippen LogP contribution is -2.25. The number of benzene rings is 1. The van der Waals surface area contributed by atoms with Crippen molar-refractivity contribution in [2.24, 2.45) is 0 Å². The van der Waals surface area contributed by atoms with Gasteiger partial charge in [-0.15, -0.1) is 0 Å².